The lowest BCUT2D eigenvalue weighted by molar-refractivity contribution is -0.156. The van der Waals surface area contributed by atoms with E-state index in [0.717, 1.165) is 48.8 Å². The van der Waals surface area contributed by atoms with E-state index in [1.54, 1.807) is 40.8 Å². The molecule has 236 valence electrons. The van der Waals surface area contributed by atoms with Crippen LogP contribution in [0.5, 0.6) is 0 Å². The zero-order chi connectivity index (χ0) is 31.4. The van der Waals surface area contributed by atoms with Crippen molar-refractivity contribution in [1.29, 1.82) is 0 Å². The number of carbonyl (C=O) groups excluding carboxylic acids is 4. The molecule has 2 heterocycles. The van der Waals surface area contributed by atoms with Crippen molar-refractivity contribution in [2.45, 2.75) is 83.1 Å². The summed E-state index contributed by atoms with van der Waals surface area (Å²) in [4.78, 5) is 59.9. The smallest absolute Gasteiger partial charge is 0.247 e. The van der Waals surface area contributed by atoms with Crippen LogP contribution in [0.4, 0.5) is 4.39 Å². The van der Waals surface area contributed by atoms with Gasteiger partial charge < -0.3 is 25.3 Å². The number of nitrogens with zero attached hydrogens (tertiary/aromatic N) is 3. The molecule has 3 aliphatic rings. The lowest BCUT2D eigenvalue weighted by Crippen LogP contribution is -2.66. The second kappa shape index (κ2) is 13.9. The molecule has 2 aromatic rings. The number of halogens is 1. The summed E-state index contributed by atoms with van der Waals surface area (Å²) in [6.45, 7) is 4.17. The van der Waals surface area contributed by atoms with Crippen LogP contribution >= 0.6 is 0 Å². The largest absolute Gasteiger partial charge is 0.343 e. The van der Waals surface area contributed by atoms with E-state index >= 15 is 0 Å². The number of aryl methyl sites for hydroxylation is 1. The first-order valence-corrected chi connectivity index (χ1v) is 15.8. The first-order valence-electron chi connectivity index (χ1n) is 15.8. The molecule has 2 N–H and O–H groups in total. The SMILES string of the molecule is CN[C@@H](C)C(=O)N[C@H](C(=O)N1CC(=O)N2[C@@H]1CN(CCc1ccc(F)cc1)C(=O)[C@@H]2Cc1ccc(C)cc1)C1CCCCC1. The third-order valence-electron chi connectivity index (χ3n) is 9.52. The number of amides is 4. The van der Waals surface area contributed by atoms with Crippen molar-refractivity contribution in [3.8, 4) is 0 Å². The quantitative estimate of drug-likeness (QED) is 0.434. The molecule has 1 saturated carbocycles. The highest BCUT2D eigenvalue weighted by molar-refractivity contribution is 5.97. The average molecular weight is 606 g/mol. The number of piperazine rings is 1. The maximum absolute atomic E-state index is 14.4. The minimum absolute atomic E-state index is 0.0171. The van der Waals surface area contributed by atoms with Crippen molar-refractivity contribution in [2.75, 3.05) is 26.7 Å². The van der Waals surface area contributed by atoms with E-state index in [9.17, 15) is 23.6 Å². The van der Waals surface area contributed by atoms with Gasteiger partial charge in [0, 0.05) is 13.0 Å². The zero-order valence-corrected chi connectivity index (χ0v) is 25.9. The fraction of sp³-hybridized carbons (Fsp3) is 0.529. The average Bonchev–Trinajstić information content (AvgIpc) is 3.37. The molecule has 10 heteroatoms. The topological polar surface area (TPSA) is 102 Å². The molecule has 9 nitrogen and oxygen atoms in total. The van der Waals surface area contributed by atoms with Crippen LogP contribution in [0.2, 0.25) is 0 Å². The van der Waals surface area contributed by atoms with E-state index in [-0.39, 0.29) is 48.5 Å². The van der Waals surface area contributed by atoms with Crippen molar-refractivity contribution >= 4 is 23.6 Å². The molecule has 5 rings (SSSR count). The van der Waals surface area contributed by atoms with E-state index in [0.29, 0.717) is 19.4 Å². The number of rotatable bonds is 10. The molecule has 3 fully saturated rings. The van der Waals surface area contributed by atoms with Crippen molar-refractivity contribution in [3.05, 3.63) is 71.0 Å². The minimum Gasteiger partial charge on any atom is -0.343 e. The predicted molar refractivity (Wildman–Crippen MR) is 165 cm³/mol. The van der Waals surface area contributed by atoms with Crippen molar-refractivity contribution < 1.29 is 23.6 Å². The Balaban J connectivity index is 1.43. The number of benzene rings is 2. The third kappa shape index (κ3) is 6.96. The fourth-order valence-electron chi connectivity index (χ4n) is 6.75. The fourth-order valence-corrected chi connectivity index (χ4v) is 6.75. The summed E-state index contributed by atoms with van der Waals surface area (Å²) in [5.74, 6) is -1.28. The maximum Gasteiger partial charge on any atom is 0.247 e. The number of likely N-dealkylation sites (N-methyl/N-ethyl adjacent to an activating group) is 1. The molecule has 0 bridgehead atoms. The first kappa shape index (κ1) is 31.6. The zero-order valence-electron chi connectivity index (χ0n) is 25.9. The summed E-state index contributed by atoms with van der Waals surface area (Å²) < 4.78 is 13.5. The first-order chi connectivity index (χ1) is 21.2. The van der Waals surface area contributed by atoms with E-state index in [2.05, 4.69) is 10.6 Å². The van der Waals surface area contributed by atoms with Crippen LogP contribution < -0.4 is 10.6 Å². The van der Waals surface area contributed by atoms with E-state index in [1.807, 2.05) is 31.2 Å². The number of hydrogen-bond acceptors (Lipinski definition) is 5. The second-order valence-corrected chi connectivity index (χ2v) is 12.5. The van der Waals surface area contributed by atoms with Crippen LogP contribution in [0.15, 0.2) is 48.5 Å². The van der Waals surface area contributed by atoms with Gasteiger partial charge in [-0.2, -0.15) is 0 Å². The van der Waals surface area contributed by atoms with Gasteiger partial charge >= 0.3 is 0 Å². The molecular weight excluding hydrogens is 561 g/mol. The Labute approximate surface area is 259 Å². The van der Waals surface area contributed by atoms with Crippen LogP contribution in [0.25, 0.3) is 0 Å². The molecule has 0 aromatic heterocycles. The molecule has 4 atom stereocenters. The Hall–Kier alpha value is -3.79. The molecule has 4 amide bonds. The normalized spacial score (nSPS) is 22.1. The predicted octanol–water partition coefficient (Wildman–Crippen LogP) is 2.80. The summed E-state index contributed by atoms with van der Waals surface area (Å²) >= 11 is 0. The summed E-state index contributed by atoms with van der Waals surface area (Å²) in [5, 5.41) is 5.96. The van der Waals surface area contributed by atoms with Gasteiger partial charge in [-0.15, -0.1) is 0 Å². The third-order valence-corrected chi connectivity index (χ3v) is 9.52. The lowest BCUT2D eigenvalue weighted by Gasteiger charge is -2.45. The van der Waals surface area contributed by atoms with Gasteiger partial charge in [0.2, 0.25) is 23.6 Å². The van der Waals surface area contributed by atoms with Gasteiger partial charge in [0.05, 0.1) is 12.6 Å². The highest BCUT2D eigenvalue weighted by atomic mass is 19.1. The van der Waals surface area contributed by atoms with Crippen molar-refractivity contribution in [3.63, 3.8) is 0 Å². The van der Waals surface area contributed by atoms with Gasteiger partial charge in [0.1, 0.15) is 30.6 Å². The van der Waals surface area contributed by atoms with Gasteiger partial charge in [0.15, 0.2) is 0 Å². The highest BCUT2D eigenvalue weighted by Crippen LogP contribution is 2.32. The highest BCUT2D eigenvalue weighted by Gasteiger charge is 2.52. The summed E-state index contributed by atoms with van der Waals surface area (Å²) in [6, 6.07) is 12.1. The number of hydrogen-bond donors (Lipinski definition) is 2. The second-order valence-electron chi connectivity index (χ2n) is 12.5. The van der Waals surface area contributed by atoms with Crippen LogP contribution in [-0.2, 0) is 32.0 Å². The Morgan fingerprint density at radius 1 is 0.977 bits per heavy atom. The number of fused-ring (bicyclic) bond motifs is 1. The van der Waals surface area contributed by atoms with E-state index in [4.69, 9.17) is 0 Å². The molecule has 2 aliphatic heterocycles. The molecule has 2 saturated heterocycles. The van der Waals surface area contributed by atoms with Crippen LogP contribution in [0.1, 0.15) is 55.7 Å². The number of carbonyl (C=O) groups is 4. The number of nitrogens with one attached hydrogen (secondary N) is 2. The van der Waals surface area contributed by atoms with Gasteiger partial charge in [-0.3, -0.25) is 19.2 Å². The Kier molecular flexibility index (Phi) is 9.98. The van der Waals surface area contributed by atoms with Crippen LogP contribution in [0, 0.1) is 18.7 Å². The summed E-state index contributed by atoms with van der Waals surface area (Å²) in [6.07, 6.45) is 4.96. The van der Waals surface area contributed by atoms with Crippen molar-refractivity contribution in [2.24, 2.45) is 5.92 Å². The van der Waals surface area contributed by atoms with E-state index in [1.165, 1.54) is 12.1 Å². The summed E-state index contributed by atoms with van der Waals surface area (Å²) in [5.41, 5.74) is 2.92. The minimum atomic E-state index is -0.762. The molecule has 0 radical (unpaired) electrons. The molecular formula is C34H44FN5O4. The van der Waals surface area contributed by atoms with E-state index < -0.39 is 24.3 Å². The van der Waals surface area contributed by atoms with Crippen LogP contribution in [0.3, 0.4) is 0 Å². The summed E-state index contributed by atoms with van der Waals surface area (Å²) in [7, 11) is 1.70. The monoisotopic (exact) mass is 605 g/mol. The Morgan fingerprint density at radius 2 is 1.64 bits per heavy atom. The molecule has 44 heavy (non-hydrogen) atoms. The molecule has 0 unspecified atom stereocenters. The van der Waals surface area contributed by atoms with Gasteiger partial charge in [0.25, 0.3) is 0 Å². The standard InChI is InChI=1S/C34H44FN5O4/c1-22-9-11-25(12-10-22)19-28-33(43)38(18-17-24-13-15-27(35)16-14-24)20-29-39(21-30(41)40(28)29)34(44)31(26-7-5-4-6-8-26)37-32(42)23(2)36-3/h9-16,23,26,28-29,31,36H,4-8,17-21H2,1-3H3,(H,37,42)/t23-,28-,29+,31-/m0/s1. The molecule has 0 spiro atoms. The van der Waals surface area contributed by atoms with Gasteiger partial charge in [-0.25, -0.2) is 4.39 Å². The van der Waals surface area contributed by atoms with Gasteiger partial charge in [-0.1, -0.05) is 61.2 Å². The van der Waals surface area contributed by atoms with Crippen LogP contribution in [-0.4, -0.2) is 89.3 Å². The van der Waals surface area contributed by atoms with Crippen molar-refractivity contribution in [1.82, 2.24) is 25.3 Å². The lowest BCUT2D eigenvalue weighted by atomic mass is 9.83. The Bertz CT molecular complexity index is 1340. The molecule has 1 aliphatic carbocycles. The van der Waals surface area contributed by atoms with Gasteiger partial charge in [-0.05, 0) is 69.3 Å². The molecule has 2 aromatic carbocycles. The Morgan fingerprint density at radius 3 is 2.30 bits per heavy atom. The maximum atomic E-state index is 14.4.